The summed E-state index contributed by atoms with van der Waals surface area (Å²) in [6.07, 6.45) is 6.49. The molecule has 0 spiro atoms. The highest BCUT2D eigenvalue weighted by Gasteiger charge is 2.23. The van der Waals surface area contributed by atoms with Crippen LogP contribution in [0.3, 0.4) is 0 Å². The highest BCUT2D eigenvalue weighted by molar-refractivity contribution is 8.18. The number of anilines is 1. The van der Waals surface area contributed by atoms with Gasteiger partial charge in [0.2, 0.25) is 0 Å². The van der Waals surface area contributed by atoms with Crippen molar-refractivity contribution in [2.45, 2.75) is 0 Å². The SMILES string of the molecule is O=C1N=C(Nc2c(Cl)cncc2Cl)S/C1=C\c1ccc2ncccc2c1. The Labute approximate surface area is 163 Å². The number of carbonyl (C=O) groups is 1. The second kappa shape index (κ2) is 7.07. The highest BCUT2D eigenvalue weighted by Crippen LogP contribution is 2.34. The molecule has 4 rings (SSSR count). The average Bonchev–Trinajstić information content (AvgIpc) is 2.97. The number of carbonyl (C=O) groups excluding carboxylic acids is 1. The van der Waals surface area contributed by atoms with Gasteiger partial charge in [0, 0.05) is 24.0 Å². The number of amidine groups is 1. The lowest BCUT2D eigenvalue weighted by Gasteiger charge is -2.08. The number of hydrogen-bond donors (Lipinski definition) is 1. The quantitative estimate of drug-likeness (QED) is 0.611. The van der Waals surface area contributed by atoms with E-state index >= 15 is 0 Å². The summed E-state index contributed by atoms with van der Waals surface area (Å²) in [4.78, 5) is 24.9. The Morgan fingerprint density at radius 3 is 2.73 bits per heavy atom. The Hall–Kier alpha value is -2.41. The molecule has 3 aromatic rings. The molecule has 0 atom stereocenters. The summed E-state index contributed by atoms with van der Waals surface area (Å²) in [7, 11) is 0. The van der Waals surface area contributed by atoms with E-state index in [2.05, 4.69) is 20.3 Å². The third-order valence-electron chi connectivity index (χ3n) is 3.63. The van der Waals surface area contributed by atoms with E-state index in [0.717, 1.165) is 16.5 Å². The van der Waals surface area contributed by atoms with E-state index in [0.29, 0.717) is 25.8 Å². The average molecular weight is 401 g/mol. The van der Waals surface area contributed by atoms with Crippen LogP contribution in [0.25, 0.3) is 17.0 Å². The number of aromatic nitrogens is 2. The van der Waals surface area contributed by atoms with Crippen molar-refractivity contribution in [1.82, 2.24) is 9.97 Å². The maximum Gasteiger partial charge on any atom is 0.286 e. The molecule has 1 aliphatic rings. The van der Waals surface area contributed by atoms with E-state index < -0.39 is 0 Å². The third kappa shape index (κ3) is 3.44. The van der Waals surface area contributed by atoms with Gasteiger partial charge in [-0.3, -0.25) is 14.8 Å². The minimum atomic E-state index is -0.315. The standard InChI is InChI=1S/C18H10Cl2N4OS/c19-12-8-21-9-13(20)16(12)23-18-24-17(25)15(26-18)7-10-3-4-14-11(6-10)2-1-5-22-14/h1-9H,(H,21,23,24,25)/b15-7-. The van der Waals surface area contributed by atoms with Crippen LogP contribution in [0.5, 0.6) is 0 Å². The lowest BCUT2D eigenvalue weighted by Crippen LogP contribution is -2.06. The maximum atomic E-state index is 12.2. The molecule has 0 saturated carbocycles. The number of aliphatic imine (C=N–C) groups is 1. The number of pyridine rings is 2. The highest BCUT2D eigenvalue weighted by atomic mass is 35.5. The smallest absolute Gasteiger partial charge is 0.286 e. The second-order valence-corrected chi connectivity index (χ2v) is 7.24. The maximum absolute atomic E-state index is 12.2. The number of fused-ring (bicyclic) bond motifs is 1. The van der Waals surface area contributed by atoms with Crippen molar-refractivity contribution in [3.8, 4) is 0 Å². The van der Waals surface area contributed by atoms with Gasteiger partial charge in [0.1, 0.15) is 0 Å². The van der Waals surface area contributed by atoms with Gasteiger partial charge in [0.25, 0.3) is 5.91 Å². The molecule has 0 saturated heterocycles. The molecular weight excluding hydrogens is 391 g/mol. The van der Waals surface area contributed by atoms with Crippen molar-refractivity contribution in [2.75, 3.05) is 5.32 Å². The fourth-order valence-electron chi connectivity index (χ4n) is 2.44. The van der Waals surface area contributed by atoms with E-state index in [1.54, 1.807) is 12.3 Å². The van der Waals surface area contributed by atoms with Gasteiger partial charge < -0.3 is 5.32 Å². The summed E-state index contributed by atoms with van der Waals surface area (Å²) in [6.45, 7) is 0. The lowest BCUT2D eigenvalue weighted by molar-refractivity contribution is -0.113. The number of amides is 1. The first-order valence-electron chi connectivity index (χ1n) is 7.53. The largest absolute Gasteiger partial charge is 0.332 e. The summed E-state index contributed by atoms with van der Waals surface area (Å²) >= 11 is 13.4. The zero-order valence-corrected chi connectivity index (χ0v) is 15.4. The van der Waals surface area contributed by atoms with Crippen LogP contribution in [-0.4, -0.2) is 21.0 Å². The zero-order chi connectivity index (χ0) is 18.1. The molecule has 0 fully saturated rings. The van der Waals surface area contributed by atoms with Crippen molar-refractivity contribution in [2.24, 2.45) is 4.99 Å². The summed E-state index contributed by atoms with van der Waals surface area (Å²) in [5.41, 5.74) is 2.28. The predicted molar refractivity (Wildman–Crippen MR) is 108 cm³/mol. The van der Waals surface area contributed by atoms with E-state index in [4.69, 9.17) is 23.2 Å². The van der Waals surface area contributed by atoms with Crippen molar-refractivity contribution in [1.29, 1.82) is 0 Å². The fourth-order valence-corrected chi connectivity index (χ4v) is 3.71. The minimum Gasteiger partial charge on any atom is -0.332 e. The van der Waals surface area contributed by atoms with Crippen LogP contribution in [0.2, 0.25) is 10.0 Å². The molecule has 0 radical (unpaired) electrons. The van der Waals surface area contributed by atoms with Gasteiger partial charge >= 0.3 is 0 Å². The van der Waals surface area contributed by atoms with E-state index in [-0.39, 0.29) is 5.91 Å². The molecule has 1 aliphatic heterocycles. The van der Waals surface area contributed by atoms with Gasteiger partial charge in [-0.15, -0.1) is 0 Å². The van der Waals surface area contributed by atoms with Crippen molar-refractivity contribution in [3.05, 3.63) is 69.4 Å². The zero-order valence-electron chi connectivity index (χ0n) is 13.1. The molecule has 1 aromatic carbocycles. The van der Waals surface area contributed by atoms with E-state index in [1.165, 1.54) is 24.2 Å². The first-order valence-corrected chi connectivity index (χ1v) is 9.11. The van der Waals surface area contributed by atoms with Gasteiger partial charge in [-0.25, -0.2) is 0 Å². The van der Waals surface area contributed by atoms with Crippen LogP contribution in [-0.2, 0) is 4.79 Å². The molecule has 2 aromatic heterocycles. The summed E-state index contributed by atoms with van der Waals surface area (Å²) in [5.74, 6) is -0.315. The number of hydrogen-bond acceptors (Lipinski definition) is 5. The van der Waals surface area contributed by atoms with Gasteiger partial charge in [-0.1, -0.05) is 35.3 Å². The van der Waals surface area contributed by atoms with Crippen LogP contribution in [0.15, 0.2) is 58.8 Å². The Morgan fingerprint density at radius 2 is 1.92 bits per heavy atom. The molecular formula is C18H10Cl2N4OS. The van der Waals surface area contributed by atoms with Crippen LogP contribution in [0, 0.1) is 0 Å². The monoisotopic (exact) mass is 400 g/mol. The van der Waals surface area contributed by atoms with Crippen LogP contribution >= 0.6 is 35.0 Å². The predicted octanol–water partition coefficient (Wildman–Crippen LogP) is 5.02. The molecule has 1 amide bonds. The lowest BCUT2D eigenvalue weighted by atomic mass is 10.1. The number of nitrogens with one attached hydrogen (secondary N) is 1. The summed E-state index contributed by atoms with van der Waals surface area (Å²) in [6, 6.07) is 9.67. The minimum absolute atomic E-state index is 0.315. The summed E-state index contributed by atoms with van der Waals surface area (Å²) < 4.78 is 0. The van der Waals surface area contributed by atoms with E-state index in [1.807, 2.05) is 30.3 Å². The molecule has 128 valence electrons. The first kappa shape index (κ1) is 17.0. The molecule has 0 aliphatic carbocycles. The molecule has 8 heteroatoms. The van der Waals surface area contributed by atoms with Crippen molar-refractivity contribution < 1.29 is 4.79 Å². The Balaban J connectivity index is 1.58. The Kier molecular flexibility index (Phi) is 4.63. The number of benzene rings is 1. The molecule has 0 unspecified atom stereocenters. The normalized spacial score (nSPS) is 15.5. The summed E-state index contributed by atoms with van der Waals surface area (Å²) in [5, 5.41) is 5.12. The number of thioether (sulfide) groups is 1. The Bertz CT molecular complexity index is 1080. The van der Waals surface area contributed by atoms with Gasteiger partial charge in [0.15, 0.2) is 5.17 Å². The first-order chi connectivity index (χ1) is 12.6. The fraction of sp³-hybridized carbons (Fsp3) is 0. The van der Waals surface area contributed by atoms with Crippen molar-refractivity contribution in [3.63, 3.8) is 0 Å². The molecule has 0 bridgehead atoms. The number of rotatable bonds is 2. The molecule has 3 heterocycles. The topological polar surface area (TPSA) is 67.2 Å². The van der Waals surface area contributed by atoms with Crippen molar-refractivity contribution >= 4 is 68.7 Å². The van der Waals surface area contributed by atoms with Gasteiger partial charge in [0.05, 0.1) is 26.2 Å². The van der Waals surface area contributed by atoms with Crippen LogP contribution in [0.4, 0.5) is 5.69 Å². The third-order valence-corrected chi connectivity index (χ3v) is 5.10. The number of nitrogens with zero attached hydrogens (tertiary/aromatic N) is 3. The number of halogens is 2. The second-order valence-electron chi connectivity index (χ2n) is 5.39. The molecule has 1 N–H and O–H groups in total. The van der Waals surface area contributed by atoms with Gasteiger partial charge in [-0.05, 0) is 41.6 Å². The van der Waals surface area contributed by atoms with E-state index in [9.17, 15) is 4.79 Å². The van der Waals surface area contributed by atoms with Crippen LogP contribution in [0.1, 0.15) is 5.56 Å². The molecule has 26 heavy (non-hydrogen) atoms. The van der Waals surface area contributed by atoms with Gasteiger partial charge in [-0.2, -0.15) is 4.99 Å². The molecule has 5 nitrogen and oxygen atoms in total. The Morgan fingerprint density at radius 1 is 1.12 bits per heavy atom. The van der Waals surface area contributed by atoms with Crippen LogP contribution < -0.4 is 5.32 Å².